The van der Waals surface area contributed by atoms with Gasteiger partial charge in [0.15, 0.2) is 0 Å². The number of para-hydroxylation sites is 1. The first kappa shape index (κ1) is 26.1. The topological polar surface area (TPSA) is 97.1 Å². The molecule has 2 aromatic carbocycles. The highest BCUT2D eigenvalue weighted by atomic mass is 19.4. The van der Waals surface area contributed by atoms with Crippen LogP contribution in [0.1, 0.15) is 21.6 Å². The standard InChI is InChI=1S/C29H21F4N7O/c1-16-6-7-19(37-27(41)24-13-18(8-9-34-24)29(31,32)33)14-20(16)21-12-17-15-36-28(38-23-5-3-2-4-22(23)30)39-25(17)40-11-10-35-26(21)40/h2-9,12-15,35H,10-11H2,1H3,(H,37,41). The van der Waals surface area contributed by atoms with E-state index in [0.29, 0.717) is 30.7 Å². The summed E-state index contributed by atoms with van der Waals surface area (Å²) in [5.74, 6) is 0.176. The van der Waals surface area contributed by atoms with Crippen molar-refractivity contribution < 1.29 is 22.4 Å². The fraction of sp³-hybridized carbons (Fsp3) is 0.138. The van der Waals surface area contributed by atoms with Crippen LogP contribution < -0.4 is 16.3 Å². The number of benzene rings is 2. The number of pyridine rings is 2. The van der Waals surface area contributed by atoms with Crippen LogP contribution in [0.5, 0.6) is 0 Å². The maximum atomic E-state index is 14.1. The number of hydrogen-bond donors (Lipinski definition) is 2. The van der Waals surface area contributed by atoms with Crippen LogP contribution in [0.4, 0.5) is 34.8 Å². The molecule has 8 nitrogen and oxygen atoms in total. The highest BCUT2D eigenvalue weighted by molar-refractivity contribution is 6.03. The van der Waals surface area contributed by atoms with Gasteiger partial charge in [-0.15, -0.1) is 0 Å². The van der Waals surface area contributed by atoms with E-state index in [9.17, 15) is 22.4 Å². The molecule has 3 aliphatic rings. The number of aromatic nitrogens is 4. The second-order valence-electron chi connectivity index (χ2n) is 9.41. The fourth-order valence-electron chi connectivity index (χ4n) is 4.69. The minimum Gasteiger partial charge on any atom is -0.369 e. The Balaban J connectivity index is 1.38. The number of anilines is 2. The molecule has 0 unspecified atom stereocenters. The number of nitrogens with zero attached hydrogens (tertiary/aromatic N) is 5. The minimum atomic E-state index is -4.59. The Labute approximate surface area is 230 Å². The number of carbonyl (C=O) groups is 1. The molecular weight excluding hydrogens is 538 g/mol. The molecule has 1 amide bonds. The van der Waals surface area contributed by atoms with Gasteiger partial charge in [0.2, 0.25) is 0 Å². The molecule has 3 aromatic rings. The molecular formula is C29H21F4N7O. The van der Waals surface area contributed by atoms with Crippen LogP contribution >= 0.6 is 0 Å². The highest BCUT2D eigenvalue weighted by Crippen LogP contribution is 2.39. The van der Waals surface area contributed by atoms with Crippen molar-refractivity contribution in [2.45, 2.75) is 19.6 Å². The molecule has 0 spiro atoms. The zero-order valence-electron chi connectivity index (χ0n) is 21.5. The SMILES string of the molecule is Cc1ccc(NC(=O)c2cc(C(F)(F)F)ccn2)cc1-c1cc2cnc(=Nc3ccccc3F)nc-2n2c1NCC2. The van der Waals surface area contributed by atoms with Gasteiger partial charge >= 0.3 is 6.18 Å². The van der Waals surface area contributed by atoms with Gasteiger partial charge < -0.3 is 15.2 Å². The molecule has 0 bridgehead atoms. The first-order valence-electron chi connectivity index (χ1n) is 12.6. The van der Waals surface area contributed by atoms with Gasteiger partial charge in [-0.2, -0.15) is 18.2 Å². The normalized spacial score (nSPS) is 13.2. The molecule has 6 rings (SSSR count). The van der Waals surface area contributed by atoms with Crippen molar-refractivity contribution >= 4 is 23.1 Å². The van der Waals surface area contributed by atoms with Crippen molar-refractivity contribution in [1.82, 2.24) is 19.5 Å². The molecule has 12 heteroatoms. The molecule has 4 heterocycles. The van der Waals surface area contributed by atoms with Gasteiger partial charge in [0.25, 0.3) is 11.5 Å². The van der Waals surface area contributed by atoms with Crippen molar-refractivity contribution in [3.63, 3.8) is 0 Å². The van der Waals surface area contributed by atoms with E-state index in [2.05, 4.69) is 30.6 Å². The predicted molar refractivity (Wildman–Crippen MR) is 144 cm³/mol. The van der Waals surface area contributed by atoms with E-state index >= 15 is 0 Å². The van der Waals surface area contributed by atoms with Crippen LogP contribution in [-0.2, 0) is 12.7 Å². The number of rotatable bonds is 4. The third-order valence-electron chi connectivity index (χ3n) is 6.67. The van der Waals surface area contributed by atoms with E-state index in [4.69, 9.17) is 0 Å². The van der Waals surface area contributed by atoms with Gasteiger partial charge in [-0.25, -0.2) is 14.4 Å². The number of alkyl halides is 3. The lowest BCUT2D eigenvalue weighted by atomic mass is 9.98. The molecule has 0 saturated carbocycles. The number of nitrogens with one attached hydrogen (secondary N) is 2. The van der Waals surface area contributed by atoms with E-state index in [1.807, 2.05) is 23.6 Å². The van der Waals surface area contributed by atoms with Gasteiger partial charge in [-0.3, -0.25) is 9.78 Å². The van der Waals surface area contributed by atoms with Crippen molar-refractivity contribution in [1.29, 1.82) is 0 Å². The molecule has 2 N–H and O–H groups in total. The first-order valence-corrected chi connectivity index (χ1v) is 12.6. The van der Waals surface area contributed by atoms with E-state index in [0.717, 1.165) is 40.3 Å². The molecule has 0 fully saturated rings. The van der Waals surface area contributed by atoms with Crippen LogP contribution in [-0.4, -0.2) is 32.0 Å². The molecule has 41 heavy (non-hydrogen) atoms. The first-order chi connectivity index (χ1) is 19.7. The van der Waals surface area contributed by atoms with Crippen molar-refractivity contribution in [3.8, 4) is 22.5 Å². The zero-order chi connectivity index (χ0) is 28.7. The molecule has 3 aliphatic heterocycles. The molecule has 0 aliphatic carbocycles. The van der Waals surface area contributed by atoms with Crippen molar-refractivity contribution in [2.75, 3.05) is 17.2 Å². The number of hydrogen-bond acceptors (Lipinski definition) is 6. The predicted octanol–water partition coefficient (Wildman–Crippen LogP) is 5.82. The van der Waals surface area contributed by atoms with Crippen LogP contribution in [0.25, 0.3) is 22.5 Å². The Morgan fingerprint density at radius 3 is 2.68 bits per heavy atom. The summed E-state index contributed by atoms with van der Waals surface area (Å²) >= 11 is 0. The number of halogens is 4. The van der Waals surface area contributed by atoms with Gasteiger partial charge in [0, 0.05) is 42.3 Å². The van der Waals surface area contributed by atoms with Crippen LogP contribution in [0.2, 0.25) is 0 Å². The lowest BCUT2D eigenvalue weighted by molar-refractivity contribution is -0.137. The van der Waals surface area contributed by atoms with Gasteiger partial charge in [-0.05, 0) is 60.5 Å². The third kappa shape index (κ3) is 5.11. The monoisotopic (exact) mass is 559 g/mol. The second-order valence-corrected chi connectivity index (χ2v) is 9.41. The molecule has 206 valence electrons. The van der Waals surface area contributed by atoms with Crippen molar-refractivity contribution in [3.05, 3.63) is 101 Å². The average molecular weight is 560 g/mol. The molecule has 0 atom stereocenters. The van der Waals surface area contributed by atoms with Gasteiger partial charge in [-0.1, -0.05) is 18.2 Å². The number of carbonyl (C=O) groups excluding carboxylic acids is 1. The number of aryl methyl sites for hydroxylation is 1. The quantitative estimate of drug-likeness (QED) is 0.271. The maximum Gasteiger partial charge on any atom is 0.416 e. The fourth-order valence-corrected chi connectivity index (χ4v) is 4.69. The number of fused-ring (bicyclic) bond motifs is 3. The maximum absolute atomic E-state index is 14.1. The number of amides is 1. The summed E-state index contributed by atoms with van der Waals surface area (Å²) < 4.78 is 55.4. The third-order valence-corrected chi connectivity index (χ3v) is 6.67. The second kappa shape index (κ2) is 10.1. The Hall–Kier alpha value is -5.13. The summed E-state index contributed by atoms with van der Waals surface area (Å²) in [7, 11) is 0. The van der Waals surface area contributed by atoms with Crippen LogP contribution in [0.3, 0.4) is 0 Å². The van der Waals surface area contributed by atoms with E-state index < -0.39 is 23.5 Å². The van der Waals surface area contributed by atoms with E-state index in [-0.39, 0.29) is 17.0 Å². The zero-order valence-corrected chi connectivity index (χ0v) is 21.5. The summed E-state index contributed by atoms with van der Waals surface area (Å²) in [6.07, 6.45) is -2.01. The van der Waals surface area contributed by atoms with Gasteiger partial charge in [0.05, 0.1) is 5.56 Å². The van der Waals surface area contributed by atoms with Crippen LogP contribution in [0.15, 0.2) is 78.0 Å². The van der Waals surface area contributed by atoms with E-state index in [1.54, 1.807) is 36.5 Å². The smallest absolute Gasteiger partial charge is 0.369 e. The molecule has 1 aromatic heterocycles. The Morgan fingerprint density at radius 1 is 1.05 bits per heavy atom. The minimum absolute atomic E-state index is 0.126. The lowest BCUT2D eigenvalue weighted by Gasteiger charge is -2.19. The lowest BCUT2D eigenvalue weighted by Crippen LogP contribution is -2.17. The summed E-state index contributed by atoms with van der Waals surface area (Å²) in [5.41, 5.74) is 2.60. The van der Waals surface area contributed by atoms with Crippen molar-refractivity contribution in [2.24, 2.45) is 4.99 Å². The molecule has 0 radical (unpaired) electrons. The summed E-state index contributed by atoms with van der Waals surface area (Å²) in [5, 5.41) is 6.03. The van der Waals surface area contributed by atoms with Crippen LogP contribution in [0, 0.1) is 12.7 Å². The van der Waals surface area contributed by atoms with E-state index in [1.165, 1.54) is 6.07 Å². The largest absolute Gasteiger partial charge is 0.416 e. The Bertz CT molecular complexity index is 1850. The summed E-state index contributed by atoms with van der Waals surface area (Å²) in [6.45, 7) is 3.18. The summed E-state index contributed by atoms with van der Waals surface area (Å²) in [6, 6.07) is 14.8. The highest BCUT2D eigenvalue weighted by Gasteiger charge is 2.31. The average Bonchev–Trinajstić information content (AvgIpc) is 3.45. The molecule has 0 saturated heterocycles. The van der Waals surface area contributed by atoms with Gasteiger partial charge in [0.1, 0.15) is 28.8 Å². The Kier molecular flexibility index (Phi) is 6.45. The summed E-state index contributed by atoms with van der Waals surface area (Å²) in [4.78, 5) is 29.7. The Morgan fingerprint density at radius 2 is 1.88 bits per heavy atom.